The van der Waals surface area contributed by atoms with Crippen LogP contribution >= 0.6 is 0 Å². The van der Waals surface area contributed by atoms with E-state index in [0.29, 0.717) is 6.61 Å². The Kier molecular flexibility index (Phi) is 3.95. The lowest BCUT2D eigenvalue weighted by Crippen LogP contribution is -2.44. The van der Waals surface area contributed by atoms with Crippen LogP contribution in [0.5, 0.6) is 17.2 Å². The Morgan fingerprint density at radius 1 is 0.767 bits per heavy atom. The highest BCUT2D eigenvalue weighted by Gasteiger charge is 2.45. The molecule has 1 aliphatic heterocycles. The van der Waals surface area contributed by atoms with Gasteiger partial charge in [0.1, 0.15) is 23.9 Å². The van der Waals surface area contributed by atoms with Crippen LogP contribution in [0.1, 0.15) is 29.5 Å². The van der Waals surface area contributed by atoms with E-state index in [1.54, 1.807) is 0 Å². The molecule has 0 aromatic heterocycles. The van der Waals surface area contributed by atoms with Crippen LogP contribution in [-0.2, 0) is 18.8 Å². The van der Waals surface area contributed by atoms with Gasteiger partial charge in [0.2, 0.25) is 0 Å². The van der Waals surface area contributed by atoms with Crippen LogP contribution in [-0.4, -0.2) is 0 Å². The van der Waals surface area contributed by atoms with Crippen molar-refractivity contribution in [3.8, 4) is 17.2 Å². The van der Waals surface area contributed by atoms with Crippen molar-refractivity contribution in [2.24, 2.45) is 0 Å². The monoisotopic (exact) mass is 394 g/mol. The van der Waals surface area contributed by atoms with Gasteiger partial charge in [-0.15, -0.1) is 0 Å². The molecule has 1 spiro atoms. The summed E-state index contributed by atoms with van der Waals surface area (Å²) in [6.45, 7) is 0.550. The van der Waals surface area contributed by atoms with E-state index in [1.165, 1.54) is 5.56 Å². The predicted octanol–water partition coefficient (Wildman–Crippen LogP) is 6.38. The summed E-state index contributed by atoms with van der Waals surface area (Å²) in [5.74, 6) is 1.89. The fourth-order valence-electron chi connectivity index (χ4n) is 4.71. The summed E-state index contributed by atoms with van der Waals surface area (Å²) in [5.41, 5.74) is 3.42. The van der Waals surface area contributed by atoms with E-state index in [1.807, 2.05) is 48.5 Å². The summed E-state index contributed by atoms with van der Waals surface area (Å²) >= 11 is 0. The largest absolute Gasteiger partial charge is 0.489 e. The van der Waals surface area contributed by atoms with E-state index in [4.69, 9.17) is 14.2 Å². The van der Waals surface area contributed by atoms with E-state index < -0.39 is 5.79 Å². The molecule has 0 radical (unpaired) electrons. The van der Waals surface area contributed by atoms with Crippen LogP contribution in [0.2, 0.25) is 0 Å². The van der Waals surface area contributed by atoms with Crippen molar-refractivity contribution in [2.75, 3.05) is 0 Å². The molecule has 0 atom stereocenters. The minimum absolute atomic E-state index is 0.550. The summed E-state index contributed by atoms with van der Waals surface area (Å²) in [7, 11) is 0. The highest BCUT2D eigenvalue weighted by Crippen LogP contribution is 2.50. The second-order valence-electron chi connectivity index (χ2n) is 7.98. The van der Waals surface area contributed by atoms with Gasteiger partial charge in [-0.3, -0.25) is 0 Å². The Bertz CT molecular complexity index is 1190. The van der Waals surface area contributed by atoms with Crippen LogP contribution in [0.3, 0.4) is 0 Å². The van der Waals surface area contributed by atoms with Crippen LogP contribution in [0.4, 0.5) is 0 Å². The standard InChI is InChI=1S/C27H22O3/c1-2-8-19(9-3-1)18-28-23-14-6-13-22-21(23)12-7-17-27(22)29-24-15-4-10-20-11-5-16-25(30-27)26(20)24/h1-6,8-11,13-16H,7,12,17-18H2. The third kappa shape index (κ3) is 2.73. The highest BCUT2D eigenvalue weighted by atomic mass is 16.7. The molecule has 3 nitrogen and oxygen atoms in total. The SMILES string of the molecule is c1ccc(COc2cccc3c2CCCC32Oc3cccc4cccc(c34)O2)cc1. The molecule has 4 aromatic rings. The lowest BCUT2D eigenvalue weighted by molar-refractivity contribution is -0.138. The molecular formula is C27H22O3. The molecule has 1 heterocycles. The summed E-state index contributed by atoms with van der Waals surface area (Å²) in [6.07, 6.45) is 2.75. The van der Waals surface area contributed by atoms with Gasteiger partial charge in [0.15, 0.2) is 0 Å². The number of rotatable bonds is 3. The summed E-state index contributed by atoms with van der Waals surface area (Å²) in [4.78, 5) is 0. The molecule has 4 aromatic carbocycles. The van der Waals surface area contributed by atoms with Crippen LogP contribution in [0, 0.1) is 0 Å². The molecular weight excluding hydrogens is 372 g/mol. The van der Waals surface area contributed by atoms with Gasteiger partial charge < -0.3 is 14.2 Å². The molecule has 0 unspecified atom stereocenters. The number of ether oxygens (including phenoxy) is 3. The minimum Gasteiger partial charge on any atom is -0.489 e. The maximum absolute atomic E-state index is 6.60. The first-order valence-corrected chi connectivity index (χ1v) is 10.5. The van der Waals surface area contributed by atoms with Gasteiger partial charge in [0, 0.05) is 17.5 Å². The molecule has 30 heavy (non-hydrogen) atoms. The quantitative estimate of drug-likeness (QED) is 0.403. The average molecular weight is 394 g/mol. The van der Waals surface area contributed by atoms with Crippen molar-refractivity contribution in [1.82, 2.24) is 0 Å². The van der Waals surface area contributed by atoms with Crippen molar-refractivity contribution in [2.45, 2.75) is 31.7 Å². The van der Waals surface area contributed by atoms with Crippen molar-refractivity contribution in [3.05, 3.63) is 102 Å². The Morgan fingerprint density at radius 2 is 1.50 bits per heavy atom. The summed E-state index contributed by atoms with van der Waals surface area (Å²) in [5, 5.41) is 2.19. The normalized spacial score (nSPS) is 15.9. The number of hydrogen-bond donors (Lipinski definition) is 0. The molecule has 0 saturated heterocycles. The highest BCUT2D eigenvalue weighted by molar-refractivity contribution is 5.94. The Labute approximate surface area is 175 Å². The van der Waals surface area contributed by atoms with Crippen LogP contribution < -0.4 is 14.2 Å². The Hall–Kier alpha value is -3.46. The van der Waals surface area contributed by atoms with Gasteiger partial charge in [0.05, 0.1) is 5.39 Å². The van der Waals surface area contributed by atoms with Gasteiger partial charge in [-0.2, -0.15) is 0 Å². The molecule has 148 valence electrons. The second-order valence-corrected chi connectivity index (χ2v) is 7.98. The molecule has 0 bridgehead atoms. The van der Waals surface area contributed by atoms with E-state index in [2.05, 4.69) is 36.4 Å². The number of fused-ring (bicyclic) bond motifs is 2. The van der Waals surface area contributed by atoms with Crippen LogP contribution in [0.25, 0.3) is 10.8 Å². The van der Waals surface area contributed by atoms with E-state index in [9.17, 15) is 0 Å². The first-order chi connectivity index (χ1) is 14.8. The lowest BCUT2D eigenvalue weighted by atomic mass is 9.85. The zero-order chi connectivity index (χ0) is 20.0. The molecule has 6 rings (SSSR count). The van der Waals surface area contributed by atoms with Crippen molar-refractivity contribution in [3.63, 3.8) is 0 Å². The first kappa shape index (κ1) is 17.4. The third-order valence-electron chi connectivity index (χ3n) is 6.09. The second kappa shape index (κ2) is 6.81. The predicted molar refractivity (Wildman–Crippen MR) is 117 cm³/mol. The van der Waals surface area contributed by atoms with E-state index in [-0.39, 0.29) is 0 Å². The zero-order valence-corrected chi connectivity index (χ0v) is 16.6. The lowest BCUT2D eigenvalue weighted by Gasteiger charge is -2.42. The van der Waals surface area contributed by atoms with Crippen LogP contribution in [0.15, 0.2) is 84.9 Å². The Balaban J connectivity index is 1.40. The molecule has 0 saturated carbocycles. The van der Waals surface area contributed by atoms with Crippen molar-refractivity contribution < 1.29 is 14.2 Å². The summed E-state index contributed by atoms with van der Waals surface area (Å²) in [6, 6.07) is 28.8. The maximum Gasteiger partial charge on any atom is 0.278 e. The molecule has 2 aliphatic rings. The molecule has 0 fully saturated rings. The first-order valence-electron chi connectivity index (χ1n) is 10.5. The molecule has 0 N–H and O–H groups in total. The average Bonchev–Trinajstić information content (AvgIpc) is 2.79. The minimum atomic E-state index is -0.803. The molecule has 1 aliphatic carbocycles. The van der Waals surface area contributed by atoms with E-state index >= 15 is 0 Å². The third-order valence-corrected chi connectivity index (χ3v) is 6.09. The van der Waals surface area contributed by atoms with Gasteiger partial charge in [-0.05, 0) is 42.0 Å². The van der Waals surface area contributed by atoms with Gasteiger partial charge in [0.25, 0.3) is 5.79 Å². The van der Waals surface area contributed by atoms with Gasteiger partial charge >= 0.3 is 0 Å². The molecule has 3 heteroatoms. The maximum atomic E-state index is 6.60. The van der Waals surface area contributed by atoms with Gasteiger partial charge in [-0.25, -0.2) is 0 Å². The van der Waals surface area contributed by atoms with E-state index in [0.717, 1.165) is 58.4 Å². The smallest absolute Gasteiger partial charge is 0.278 e. The number of hydrogen-bond acceptors (Lipinski definition) is 3. The Morgan fingerprint density at radius 3 is 2.27 bits per heavy atom. The topological polar surface area (TPSA) is 27.7 Å². The van der Waals surface area contributed by atoms with Crippen molar-refractivity contribution >= 4 is 10.8 Å². The van der Waals surface area contributed by atoms with Gasteiger partial charge in [-0.1, -0.05) is 66.7 Å². The fraction of sp³-hybridized carbons (Fsp3) is 0.185. The summed E-state index contributed by atoms with van der Waals surface area (Å²) < 4.78 is 19.4. The van der Waals surface area contributed by atoms with Crippen molar-refractivity contribution in [1.29, 1.82) is 0 Å². The fourth-order valence-corrected chi connectivity index (χ4v) is 4.71. The number of benzene rings is 4. The molecule has 0 amide bonds. The zero-order valence-electron chi connectivity index (χ0n) is 16.6.